The van der Waals surface area contributed by atoms with Crippen LogP contribution in [0, 0.1) is 0 Å². The maximum Gasteiger partial charge on any atom is 0.307 e. The summed E-state index contributed by atoms with van der Waals surface area (Å²) in [6.07, 6.45) is -0.00429. The molecule has 118 valence electrons. The van der Waals surface area contributed by atoms with Crippen molar-refractivity contribution in [2.75, 3.05) is 33.0 Å². The van der Waals surface area contributed by atoms with Gasteiger partial charge < -0.3 is 15.2 Å². The third kappa shape index (κ3) is 4.33. The van der Waals surface area contributed by atoms with Crippen LogP contribution in [-0.4, -0.2) is 46.0 Å². The molecule has 0 amide bonds. The molecule has 8 heteroatoms. The van der Waals surface area contributed by atoms with E-state index in [9.17, 15) is 13.2 Å². The van der Waals surface area contributed by atoms with Gasteiger partial charge in [0, 0.05) is 19.7 Å². The Morgan fingerprint density at radius 2 is 2.05 bits per heavy atom. The number of nitrogens with zero attached hydrogens (tertiary/aromatic N) is 1. The summed E-state index contributed by atoms with van der Waals surface area (Å²) in [5, 5.41) is 0. The van der Waals surface area contributed by atoms with E-state index >= 15 is 0 Å². The average molecular weight is 316 g/mol. The molecule has 7 nitrogen and oxygen atoms in total. The minimum atomic E-state index is -3.71. The second kappa shape index (κ2) is 7.28. The number of hydrogen-bond donors (Lipinski definition) is 1. The first-order valence-corrected chi connectivity index (χ1v) is 7.82. The molecule has 0 aliphatic rings. The number of sulfonamides is 1. The predicted octanol–water partition coefficient (Wildman–Crippen LogP) is 0.851. The summed E-state index contributed by atoms with van der Waals surface area (Å²) in [6.45, 7) is 2.00. The van der Waals surface area contributed by atoms with Crippen molar-refractivity contribution in [3.05, 3.63) is 18.2 Å². The Balaban J connectivity index is 2.87. The van der Waals surface area contributed by atoms with Crippen molar-refractivity contribution in [3.8, 4) is 5.75 Å². The Hall–Kier alpha value is -1.80. The first-order valence-electron chi connectivity index (χ1n) is 6.38. The van der Waals surface area contributed by atoms with Crippen LogP contribution in [0.4, 0.5) is 5.69 Å². The van der Waals surface area contributed by atoms with Crippen LogP contribution < -0.4 is 10.5 Å². The van der Waals surface area contributed by atoms with E-state index in [1.807, 2.05) is 0 Å². The van der Waals surface area contributed by atoms with Crippen LogP contribution in [-0.2, 0) is 19.6 Å². The number of anilines is 1. The number of carbonyl (C=O) groups excluding carboxylic acids is 1. The number of hydrogen-bond acceptors (Lipinski definition) is 6. The molecule has 21 heavy (non-hydrogen) atoms. The smallest absolute Gasteiger partial charge is 0.307 e. The van der Waals surface area contributed by atoms with Gasteiger partial charge in [-0.05, 0) is 19.1 Å². The first-order chi connectivity index (χ1) is 9.82. The second-order valence-electron chi connectivity index (χ2n) is 4.29. The van der Waals surface area contributed by atoms with Gasteiger partial charge >= 0.3 is 5.97 Å². The molecular weight excluding hydrogens is 296 g/mol. The highest BCUT2D eigenvalue weighted by molar-refractivity contribution is 7.89. The molecule has 1 aromatic rings. The molecule has 0 saturated heterocycles. The maximum absolute atomic E-state index is 12.4. The molecule has 0 bridgehead atoms. The van der Waals surface area contributed by atoms with Crippen LogP contribution >= 0.6 is 0 Å². The fourth-order valence-corrected chi connectivity index (χ4v) is 2.82. The van der Waals surface area contributed by atoms with Gasteiger partial charge in [-0.3, -0.25) is 4.79 Å². The standard InChI is InChI=1S/C13H20N2O5S/c1-4-20-13(16)7-8-15(2)21(17,18)10-5-6-11(14)12(9-10)19-3/h5-6,9H,4,7-8,14H2,1-3H3. The molecule has 0 unspecified atom stereocenters. The lowest BCUT2D eigenvalue weighted by molar-refractivity contribution is -0.143. The monoisotopic (exact) mass is 316 g/mol. The van der Waals surface area contributed by atoms with Gasteiger partial charge in [-0.1, -0.05) is 0 Å². The average Bonchev–Trinajstić information content (AvgIpc) is 2.45. The van der Waals surface area contributed by atoms with E-state index in [1.54, 1.807) is 6.92 Å². The van der Waals surface area contributed by atoms with Gasteiger partial charge in [0.05, 0.1) is 30.7 Å². The van der Waals surface area contributed by atoms with Gasteiger partial charge in [0.15, 0.2) is 0 Å². The lowest BCUT2D eigenvalue weighted by Gasteiger charge is -2.17. The van der Waals surface area contributed by atoms with Crippen molar-refractivity contribution < 1.29 is 22.7 Å². The van der Waals surface area contributed by atoms with Gasteiger partial charge in [-0.15, -0.1) is 0 Å². The fourth-order valence-electron chi connectivity index (χ4n) is 1.63. The summed E-state index contributed by atoms with van der Waals surface area (Å²) in [6, 6.07) is 4.21. The quantitative estimate of drug-likeness (QED) is 0.591. The number of methoxy groups -OCH3 is 1. The van der Waals surface area contributed by atoms with Gasteiger partial charge in [0.25, 0.3) is 0 Å². The molecule has 0 heterocycles. The van der Waals surface area contributed by atoms with E-state index in [2.05, 4.69) is 0 Å². The van der Waals surface area contributed by atoms with Crippen LogP contribution in [0.2, 0.25) is 0 Å². The van der Waals surface area contributed by atoms with E-state index in [-0.39, 0.29) is 30.2 Å². The van der Waals surface area contributed by atoms with Crippen molar-refractivity contribution in [2.45, 2.75) is 18.2 Å². The fraction of sp³-hybridized carbons (Fsp3) is 0.462. The van der Waals surface area contributed by atoms with E-state index < -0.39 is 16.0 Å². The molecule has 1 rings (SSSR count). The largest absolute Gasteiger partial charge is 0.495 e. The Labute approximate surface area is 124 Å². The zero-order valence-electron chi connectivity index (χ0n) is 12.3. The highest BCUT2D eigenvalue weighted by Gasteiger charge is 2.22. The molecule has 0 spiro atoms. The summed E-state index contributed by atoms with van der Waals surface area (Å²) >= 11 is 0. The van der Waals surface area contributed by atoms with Crippen molar-refractivity contribution >= 4 is 21.7 Å². The molecule has 2 N–H and O–H groups in total. The van der Waals surface area contributed by atoms with Crippen LogP contribution in [0.3, 0.4) is 0 Å². The lowest BCUT2D eigenvalue weighted by atomic mass is 10.3. The molecule has 0 atom stereocenters. The zero-order valence-corrected chi connectivity index (χ0v) is 13.1. The third-order valence-corrected chi connectivity index (χ3v) is 4.70. The van der Waals surface area contributed by atoms with Gasteiger partial charge in [-0.2, -0.15) is 0 Å². The van der Waals surface area contributed by atoms with E-state index in [0.29, 0.717) is 5.69 Å². The highest BCUT2D eigenvalue weighted by Crippen LogP contribution is 2.26. The second-order valence-corrected chi connectivity index (χ2v) is 6.33. The van der Waals surface area contributed by atoms with Gasteiger partial charge in [0.2, 0.25) is 10.0 Å². The number of ether oxygens (including phenoxy) is 2. The minimum Gasteiger partial charge on any atom is -0.495 e. The summed E-state index contributed by atoms with van der Waals surface area (Å²) in [5.74, 6) is -0.149. The van der Waals surface area contributed by atoms with Crippen molar-refractivity contribution in [1.82, 2.24) is 4.31 Å². The molecule has 0 aromatic heterocycles. The highest BCUT2D eigenvalue weighted by atomic mass is 32.2. The number of rotatable bonds is 7. The van der Waals surface area contributed by atoms with Crippen LogP contribution in [0.1, 0.15) is 13.3 Å². The maximum atomic E-state index is 12.4. The minimum absolute atomic E-state index is 0.00429. The zero-order chi connectivity index (χ0) is 16.0. The molecule has 0 saturated carbocycles. The summed E-state index contributed by atoms with van der Waals surface area (Å²) in [7, 11) is -0.899. The van der Waals surface area contributed by atoms with Gasteiger partial charge in [0.1, 0.15) is 5.75 Å². The first kappa shape index (κ1) is 17.3. The topological polar surface area (TPSA) is 98.9 Å². The number of nitrogens with two attached hydrogens (primary N) is 1. The summed E-state index contributed by atoms with van der Waals surface area (Å²) in [5.41, 5.74) is 6.01. The molecule has 0 fully saturated rings. The Morgan fingerprint density at radius 1 is 1.38 bits per heavy atom. The number of esters is 1. The lowest BCUT2D eigenvalue weighted by Crippen LogP contribution is -2.29. The summed E-state index contributed by atoms with van der Waals surface area (Å²) in [4.78, 5) is 11.3. The van der Waals surface area contributed by atoms with Crippen molar-refractivity contribution in [1.29, 1.82) is 0 Å². The normalized spacial score (nSPS) is 11.4. The van der Waals surface area contributed by atoms with E-state index in [4.69, 9.17) is 15.2 Å². The SMILES string of the molecule is CCOC(=O)CCN(C)S(=O)(=O)c1ccc(N)c(OC)c1. The number of carbonyl (C=O) groups is 1. The Kier molecular flexibility index (Phi) is 5.98. The molecule has 0 aliphatic heterocycles. The van der Waals surface area contributed by atoms with Crippen molar-refractivity contribution in [3.63, 3.8) is 0 Å². The Morgan fingerprint density at radius 3 is 2.62 bits per heavy atom. The predicted molar refractivity (Wildman–Crippen MR) is 78.5 cm³/mol. The number of benzene rings is 1. The van der Waals surface area contributed by atoms with Gasteiger partial charge in [-0.25, -0.2) is 12.7 Å². The molecular formula is C13H20N2O5S. The summed E-state index contributed by atoms with van der Waals surface area (Å²) < 4.78 is 35.6. The molecule has 0 aliphatic carbocycles. The molecule has 0 radical (unpaired) electrons. The Bertz CT molecular complexity index is 601. The number of nitrogen functional groups attached to an aromatic ring is 1. The van der Waals surface area contributed by atoms with Crippen LogP contribution in [0.25, 0.3) is 0 Å². The van der Waals surface area contributed by atoms with Crippen molar-refractivity contribution in [2.24, 2.45) is 0 Å². The van der Waals surface area contributed by atoms with Crippen LogP contribution in [0.5, 0.6) is 5.75 Å². The third-order valence-electron chi connectivity index (χ3n) is 2.85. The molecule has 1 aromatic carbocycles. The van der Waals surface area contributed by atoms with E-state index in [0.717, 1.165) is 4.31 Å². The van der Waals surface area contributed by atoms with E-state index in [1.165, 1.54) is 32.4 Å². The van der Waals surface area contributed by atoms with Crippen LogP contribution in [0.15, 0.2) is 23.1 Å².